The molecule has 0 bridgehead atoms. The summed E-state index contributed by atoms with van der Waals surface area (Å²) in [5, 5.41) is 7.57. The van der Waals surface area contributed by atoms with Crippen molar-refractivity contribution < 1.29 is 9.53 Å². The summed E-state index contributed by atoms with van der Waals surface area (Å²) < 4.78 is 7.25. The Labute approximate surface area is 167 Å². The number of carbonyl (C=O) groups is 1. The van der Waals surface area contributed by atoms with Crippen molar-refractivity contribution >= 4 is 6.03 Å². The molecule has 1 atom stereocenters. The number of rotatable bonds is 6. The molecule has 0 saturated carbocycles. The van der Waals surface area contributed by atoms with Crippen LogP contribution < -0.4 is 10.1 Å². The number of aryl methyl sites for hydroxylation is 2. The molecule has 2 aromatic rings. The minimum Gasteiger partial charge on any atom is -0.497 e. The third kappa shape index (κ3) is 5.25. The summed E-state index contributed by atoms with van der Waals surface area (Å²) in [5.74, 6) is 0.882. The van der Waals surface area contributed by atoms with Crippen molar-refractivity contribution in [2.75, 3.05) is 33.3 Å². The number of ether oxygens (including phenoxy) is 1. The summed E-state index contributed by atoms with van der Waals surface area (Å²) >= 11 is 0. The molecule has 1 N–H and O–H groups in total. The summed E-state index contributed by atoms with van der Waals surface area (Å²) in [6.45, 7) is 10.8. The number of urea groups is 1. The van der Waals surface area contributed by atoms with E-state index < -0.39 is 0 Å². The van der Waals surface area contributed by atoms with Gasteiger partial charge in [-0.15, -0.1) is 0 Å². The van der Waals surface area contributed by atoms with E-state index in [4.69, 9.17) is 4.74 Å². The molecule has 1 aliphatic heterocycles. The molecule has 7 nitrogen and oxygen atoms in total. The Hall–Kier alpha value is -2.54. The summed E-state index contributed by atoms with van der Waals surface area (Å²) in [7, 11) is 1.69. The van der Waals surface area contributed by atoms with Gasteiger partial charge in [0, 0.05) is 44.5 Å². The zero-order valence-electron chi connectivity index (χ0n) is 17.3. The summed E-state index contributed by atoms with van der Waals surface area (Å²) in [4.78, 5) is 16.9. The lowest BCUT2D eigenvalue weighted by molar-refractivity contribution is 0.133. The molecule has 2 amide bonds. The lowest BCUT2D eigenvalue weighted by atomic mass is 10.2. The largest absolute Gasteiger partial charge is 0.497 e. The van der Waals surface area contributed by atoms with Gasteiger partial charge in [0.1, 0.15) is 5.75 Å². The molecular weight excluding hydrogens is 354 g/mol. The standard InChI is InChI=1S/C21H31N5O2/c1-16-12-18(3)26(23-16)14-17(2)22-21(27)25-10-8-24(9-11-25)15-19-6-5-7-20(13-19)28-4/h5-7,12-13,17H,8-11,14-15H2,1-4H3,(H,22,27)/t17-/m1/s1. The van der Waals surface area contributed by atoms with Gasteiger partial charge >= 0.3 is 6.03 Å². The SMILES string of the molecule is COc1cccc(CN2CCN(C(=O)N[C@H](C)Cn3nc(C)cc3C)CC2)c1. The normalized spacial score (nSPS) is 16.1. The molecule has 0 radical (unpaired) electrons. The van der Waals surface area contributed by atoms with E-state index in [0.717, 1.165) is 49.9 Å². The van der Waals surface area contributed by atoms with Crippen LogP contribution in [0.25, 0.3) is 0 Å². The van der Waals surface area contributed by atoms with Crippen molar-refractivity contribution in [3.8, 4) is 5.75 Å². The van der Waals surface area contributed by atoms with Crippen LogP contribution in [0.1, 0.15) is 23.9 Å². The zero-order valence-corrected chi connectivity index (χ0v) is 17.3. The number of piperazine rings is 1. The minimum absolute atomic E-state index is 0.00932. The number of carbonyl (C=O) groups excluding carboxylic acids is 1. The van der Waals surface area contributed by atoms with Gasteiger partial charge in [-0.1, -0.05) is 12.1 Å². The Morgan fingerprint density at radius 3 is 2.61 bits per heavy atom. The van der Waals surface area contributed by atoms with Crippen LogP contribution >= 0.6 is 0 Å². The zero-order chi connectivity index (χ0) is 20.1. The first kappa shape index (κ1) is 20.2. The quantitative estimate of drug-likeness (QED) is 0.830. The summed E-state index contributed by atoms with van der Waals surface area (Å²) in [5.41, 5.74) is 3.35. The highest BCUT2D eigenvalue weighted by molar-refractivity contribution is 5.74. The molecule has 1 aromatic carbocycles. The molecule has 1 fully saturated rings. The molecule has 2 heterocycles. The molecule has 28 heavy (non-hydrogen) atoms. The molecule has 1 aliphatic rings. The van der Waals surface area contributed by atoms with Crippen LogP contribution in [-0.2, 0) is 13.1 Å². The van der Waals surface area contributed by atoms with Gasteiger partial charge in [-0.25, -0.2) is 4.79 Å². The van der Waals surface area contributed by atoms with E-state index in [2.05, 4.69) is 33.5 Å². The highest BCUT2D eigenvalue weighted by Crippen LogP contribution is 2.15. The summed E-state index contributed by atoms with van der Waals surface area (Å²) in [6.07, 6.45) is 0. The second-order valence-corrected chi connectivity index (χ2v) is 7.57. The Morgan fingerprint density at radius 2 is 1.96 bits per heavy atom. The first-order valence-corrected chi connectivity index (χ1v) is 9.86. The number of benzene rings is 1. The average Bonchev–Trinajstić information content (AvgIpc) is 2.99. The Morgan fingerprint density at radius 1 is 1.21 bits per heavy atom. The number of nitrogens with one attached hydrogen (secondary N) is 1. The van der Waals surface area contributed by atoms with E-state index in [1.807, 2.05) is 42.5 Å². The lowest BCUT2D eigenvalue weighted by Gasteiger charge is -2.35. The van der Waals surface area contributed by atoms with Crippen LogP contribution in [0.3, 0.4) is 0 Å². The number of hydrogen-bond donors (Lipinski definition) is 1. The highest BCUT2D eigenvalue weighted by Gasteiger charge is 2.22. The van der Waals surface area contributed by atoms with Crippen molar-refractivity contribution in [1.29, 1.82) is 0 Å². The van der Waals surface area contributed by atoms with Crippen LogP contribution in [0.2, 0.25) is 0 Å². The monoisotopic (exact) mass is 385 g/mol. The summed E-state index contributed by atoms with van der Waals surface area (Å²) in [6, 6.07) is 10.2. The fourth-order valence-electron chi connectivity index (χ4n) is 3.60. The molecule has 1 aromatic heterocycles. The smallest absolute Gasteiger partial charge is 0.317 e. The van der Waals surface area contributed by atoms with E-state index in [1.165, 1.54) is 5.56 Å². The average molecular weight is 386 g/mol. The Bertz CT molecular complexity index is 796. The van der Waals surface area contributed by atoms with Crippen LogP contribution in [0.4, 0.5) is 4.79 Å². The number of nitrogens with zero attached hydrogens (tertiary/aromatic N) is 4. The van der Waals surface area contributed by atoms with E-state index in [0.29, 0.717) is 6.54 Å². The predicted octanol–water partition coefficient (Wildman–Crippen LogP) is 2.42. The van der Waals surface area contributed by atoms with Crippen LogP contribution in [0.15, 0.2) is 30.3 Å². The third-order valence-electron chi connectivity index (χ3n) is 5.12. The van der Waals surface area contributed by atoms with Gasteiger partial charge in [0.15, 0.2) is 0 Å². The lowest BCUT2D eigenvalue weighted by Crippen LogP contribution is -2.53. The van der Waals surface area contributed by atoms with Gasteiger partial charge in [0.2, 0.25) is 0 Å². The van der Waals surface area contributed by atoms with Gasteiger partial charge in [-0.05, 0) is 44.5 Å². The maximum Gasteiger partial charge on any atom is 0.317 e. The van der Waals surface area contributed by atoms with Crippen molar-refractivity contribution in [3.63, 3.8) is 0 Å². The van der Waals surface area contributed by atoms with Gasteiger partial charge in [0.05, 0.1) is 19.3 Å². The number of amides is 2. The van der Waals surface area contributed by atoms with Crippen LogP contribution in [0.5, 0.6) is 5.75 Å². The fourth-order valence-corrected chi connectivity index (χ4v) is 3.60. The van der Waals surface area contributed by atoms with Crippen molar-refractivity contribution in [3.05, 3.63) is 47.3 Å². The van der Waals surface area contributed by atoms with Crippen LogP contribution in [-0.4, -0.2) is 64.9 Å². The molecule has 0 aliphatic carbocycles. The fraction of sp³-hybridized carbons (Fsp3) is 0.524. The van der Waals surface area contributed by atoms with Crippen molar-refractivity contribution in [2.24, 2.45) is 0 Å². The van der Waals surface area contributed by atoms with Crippen molar-refractivity contribution in [1.82, 2.24) is 24.9 Å². The first-order valence-electron chi connectivity index (χ1n) is 9.86. The molecule has 0 spiro atoms. The second kappa shape index (κ2) is 9.10. The van der Waals surface area contributed by atoms with E-state index in [-0.39, 0.29) is 12.1 Å². The van der Waals surface area contributed by atoms with Gasteiger partial charge in [0.25, 0.3) is 0 Å². The maximum absolute atomic E-state index is 12.6. The van der Waals surface area contributed by atoms with Gasteiger partial charge in [-0.2, -0.15) is 5.10 Å². The van der Waals surface area contributed by atoms with Crippen molar-refractivity contribution in [2.45, 2.75) is 39.9 Å². The molecular formula is C21H31N5O2. The first-order chi connectivity index (χ1) is 13.4. The predicted molar refractivity (Wildman–Crippen MR) is 110 cm³/mol. The van der Waals surface area contributed by atoms with Crippen LogP contribution in [0, 0.1) is 13.8 Å². The molecule has 1 saturated heterocycles. The number of methoxy groups -OCH3 is 1. The van der Waals surface area contributed by atoms with E-state index in [9.17, 15) is 4.79 Å². The van der Waals surface area contributed by atoms with E-state index in [1.54, 1.807) is 7.11 Å². The highest BCUT2D eigenvalue weighted by atomic mass is 16.5. The number of aromatic nitrogens is 2. The molecule has 0 unspecified atom stereocenters. The number of hydrogen-bond acceptors (Lipinski definition) is 4. The van der Waals surface area contributed by atoms with E-state index >= 15 is 0 Å². The van der Waals surface area contributed by atoms with Gasteiger partial charge in [-0.3, -0.25) is 9.58 Å². The maximum atomic E-state index is 12.6. The Balaban J connectivity index is 1.44. The molecule has 152 valence electrons. The molecule has 7 heteroatoms. The molecule has 3 rings (SSSR count). The second-order valence-electron chi connectivity index (χ2n) is 7.57. The minimum atomic E-state index is 0.00932. The third-order valence-corrected chi connectivity index (χ3v) is 5.12. The van der Waals surface area contributed by atoms with Gasteiger partial charge < -0.3 is 15.0 Å². The topological polar surface area (TPSA) is 62.6 Å². The Kier molecular flexibility index (Phi) is 6.57.